The topological polar surface area (TPSA) is 86.5 Å². The molecule has 2 aliphatic rings. The zero-order valence-corrected chi connectivity index (χ0v) is 16.0. The number of hydrogen-bond donors (Lipinski definition) is 2. The number of aromatic nitrogens is 1. The number of hydrogen-bond acceptors (Lipinski definition) is 6. The highest BCUT2D eigenvalue weighted by molar-refractivity contribution is 7.09. The van der Waals surface area contributed by atoms with E-state index in [-0.39, 0.29) is 23.9 Å². The Bertz CT molecular complexity index is 790. The van der Waals surface area contributed by atoms with Crippen LogP contribution in [0.1, 0.15) is 46.7 Å². The number of nitrogens with two attached hydrogens (primary N) is 1. The zero-order chi connectivity index (χ0) is 17.3. The molecule has 140 valence electrons. The lowest BCUT2D eigenvalue weighted by Crippen LogP contribution is -2.44. The molecule has 0 spiro atoms. The molecule has 1 amide bonds. The van der Waals surface area contributed by atoms with Gasteiger partial charge in [-0.3, -0.25) is 4.79 Å². The number of benzene rings is 1. The van der Waals surface area contributed by atoms with Crippen LogP contribution < -0.4 is 20.5 Å². The summed E-state index contributed by atoms with van der Waals surface area (Å²) in [6, 6.07) is 5.98. The predicted molar refractivity (Wildman–Crippen MR) is 102 cm³/mol. The first kappa shape index (κ1) is 18.9. The van der Waals surface area contributed by atoms with Crippen molar-refractivity contribution in [3.8, 4) is 11.5 Å². The van der Waals surface area contributed by atoms with E-state index in [0.29, 0.717) is 25.5 Å². The Kier molecular flexibility index (Phi) is 5.70. The van der Waals surface area contributed by atoms with Gasteiger partial charge in [-0.25, -0.2) is 4.98 Å². The smallest absolute Gasteiger partial charge is 0.271 e. The van der Waals surface area contributed by atoms with E-state index in [2.05, 4.69) is 10.3 Å². The van der Waals surface area contributed by atoms with Crippen LogP contribution in [-0.4, -0.2) is 24.1 Å². The molecule has 0 atom stereocenters. The van der Waals surface area contributed by atoms with Crippen LogP contribution in [0.3, 0.4) is 0 Å². The van der Waals surface area contributed by atoms with E-state index in [1.165, 1.54) is 11.3 Å². The fourth-order valence-corrected chi connectivity index (χ4v) is 4.25. The normalized spacial score (nSPS) is 17.4. The minimum Gasteiger partial charge on any atom is -0.486 e. The highest BCUT2D eigenvalue weighted by Crippen LogP contribution is 2.42. The lowest BCUT2D eigenvalue weighted by molar-refractivity contribution is 0.0893. The summed E-state index contributed by atoms with van der Waals surface area (Å²) in [6.07, 6.45) is 3.98. The van der Waals surface area contributed by atoms with Gasteiger partial charge in [0, 0.05) is 11.9 Å². The van der Waals surface area contributed by atoms with Gasteiger partial charge < -0.3 is 20.5 Å². The van der Waals surface area contributed by atoms with Gasteiger partial charge in [-0.15, -0.1) is 23.7 Å². The Labute approximate surface area is 162 Å². The molecule has 1 aromatic carbocycles. The summed E-state index contributed by atoms with van der Waals surface area (Å²) < 4.78 is 11.3. The Balaban J connectivity index is 0.00000196. The maximum absolute atomic E-state index is 12.7. The van der Waals surface area contributed by atoms with Crippen molar-refractivity contribution in [1.29, 1.82) is 0 Å². The van der Waals surface area contributed by atoms with E-state index in [0.717, 1.165) is 47.8 Å². The van der Waals surface area contributed by atoms with Crippen LogP contribution in [0.4, 0.5) is 0 Å². The fraction of sp³-hybridized carbons (Fsp3) is 0.444. The number of nitrogens with zero attached hydrogens (tertiary/aromatic N) is 1. The van der Waals surface area contributed by atoms with Crippen LogP contribution in [0.2, 0.25) is 0 Å². The van der Waals surface area contributed by atoms with Gasteiger partial charge in [0.1, 0.15) is 23.9 Å². The second-order valence-corrected chi connectivity index (χ2v) is 7.38. The Morgan fingerprint density at radius 1 is 1.23 bits per heavy atom. The maximum atomic E-state index is 12.7. The molecule has 1 aliphatic carbocycles. The van der Waals surface area contributed by atoms with Crippen molar-refractivity contribution in [2.75, 3.05) is 13.2 Å². The summed E-state index contributed by atoms with van der Waals surface area (Å²) >= 11 is 1.42. The van der Waals surface area contributed by atoms with Crippen LogP contribution in [0, 0.1) is 0 Å². The Hall–Kier alpha value is -1.83. The summed E-state index contributed by atoms with van der Waals surface area (Å²) in [6.45, 7) is 1.48. The molecular formula is C18H22ClN3O3S. The van der Waals surface area contributed by atoms with Crippen LogP contribution in [0.25, 0.3) is 0 Å². The SMILES string of the molecule is Cl.NCc1nc(C(=O)NC2(c3ccc4c(c3)OCCO4)CCCC2)cs1. The molecule has 0 unspecified atom stereocenters. The monoisotopic (exact) mass is 395 g/mol. The average molecular weight is 396 g/mol. The number of carbonyl (C=O) groups excluding carboxylic acids is 1. The lowest BCUT2D eigenvalue weighted by Gasteiger charge is -2.32. The summed E-state index contributed by atoms with van der Waals surface area (Å²) in [7, 11) is 0. The second kappa shape index (κ2) is 7.82. The maximum Gasteiger partial charge on any atom is 0.271 e. The Morgan fingerprint density at radius 2 is 1.96 bits per heavy atom. The number of rotatable bonds is 4. The number of carbonyl (C=O) groups is 1. The van der Waals surface area contributed by atoms with Gasteiger partial charge >= 0.3 is 0 Å². The third kappa shape index (κ3) is 3.51. The second-order valence-electron chi connectivity index (χ2n) is 6.43. The molecule has 0 saturated heterocycles. The molecule has 1 fully saturated rings. The summed E-state index contributed by atoms with van der Waals surface area (Å²) in [5.74, 6) is 1.37. The molecule has 0 bridgehead atoms. The van der Waals surface area contributed by atoms with Crippen molar-refractivity contribution in [2.45, 2.75) is 37.8 Å². The first-order valence-corrected chi connectivity index (χ1v) is 9.45. The van der Waals surface area contributed by atoms with Gasteiger partial charge in [-0.05, 0) is 30.5 Å². The van der Waals surface area contributed by atoms with E-state index in [9.17, 15) is 4.79 Å². The molecule has 8 heteroatoms. The van der Waals surface area contributed by atoms with E-state index in [1.807, 2.05) is 18.2 Å². The minimum atomic E-state index is -0.376. The van der Waals surface area contributed by atoms with Gasteiger partial charge in [0.25, 0.3) is 5.91 Å². The number of amides is 1. The number of fused-ring (bicyclic) bond motifs is 1. The molecule has 0 radical (unpaired) electrons. The first-order valence-electron chi connectivity index (χ1n) is 8.57. The highest BCUT2D eigenvalue weighted by Gasteiger charge is 2.38. The zero-order valence-electron chi connectivity index (χ0n) is 14.3. The molecular weight excluding hydrogens is 374 g/mol. The number of halogens is 1. The minimum absolute atomic E-state index is 0. The van der Waals surface area contributed by atoms with Crippen LogP contribution in [0.5, 0.6) is 11.5 Å². The van der Waals surface area contributed by atoms with Gasteiger partial charge in [-0.2, -0.15) is 0 Å². The quantitative estimate of drug-likeness (QED) is 0.831. The van der Waals surface area contributed by atoms with E-state index < -0.39 is 0 Å². The van der Waals surface area contributed by atoms with E-state index in [1.54, 1.807) is 5.38 Å². The molecule has 1 aliphatic heterocycles. The standard InChI is InChI=1S/C18H21N3O3S.ClH/c19-10-16-20-13(11-25-16)17(22)21-18(5-1-2-6-18)12-3-4-14-15(9-12)24-8-7-23-14;/h3-4,9,11H,1-2,5-8,10,19H2,(H,21,22);1H. The third-order valence-electron chi connectivity index (χ3n) is 4.86. The summed E-state index contributed by atoms with van der Waals surface area (Å²) in [5.41, 5.74) is 6.73. The van der Waals surface area contributed by atoms with Crippen LogP contribution in [0.15, 0.2) is 23.6 Å². The average Bonchev–Trinajstić information content (AvgIpc) is 3.31. The molecule has 4 rings (SSSR count). The first-order chi connectivity index (χ1) is 12.2. The van der Waals surface area contributed by atoms with Crippen molar-refractivity contribution in [2.24, 2.45) is 5.73 Å². The molecule has 26 heavy (non-hydrogen) atoms. The van der Waals surface area contributed by atoms with Crippen molar-refractivity contribution < 1.29 is 14.3 Å². The summed E-state index contributed by atoms with van der Waals surface area (Å²) in [5, 5.41) is 5.77. The summed E-state index contributed by atoms with van der Waals surface area (Å²) in [4.78, 5) is 17.0. The highest BCUT2D eigenvalue weighted by atomic mass is 35.5. The molecule has 2 heterocycles. The van der Waals surface area contributed by atoms with Crippen LogP contribution in [-0.2, 0) is 12.1 Å². The van der Waals surface area contributed by atoms with Gasteiger partial charge in [-0.1, -0.05) is 18.9 Å². The third-order valence-corrected chi connectivity index (χ3v) is 5.73. The predicted octanol–water partition coefficient (Wildman–Crippen LogP) is 2.99. The molecule has 6 nitrogen and oxygen atoms in total. The number of ether oxygens (including phenoxy) is 2. The molecule has 1 aromatic heterocycles. The van der Waals surface area contributed by atoms with Crippen molar-refractivity contribution in [1.82, 2.24) is 10.3 Å². The molecule has 3 N–H and O–H groups in total. The number of thiazole rings is 1. The molecule has 1 saturated carbocycles. The van der Waals surface area contributed by atoms with Gasteiger partial charge in [0.2, 0.25) is 0 Å². The van der Waals surface area contributed by atoms with E-state index >= 15 is 0 Å². The Morgan fingerprint density at radius 3 is 2.65 bits per heavy atom. The van der Waals surface area contributed by atoms with E-state index in [4.69, 9.17) is 15.2 Å². The number of nitrogens with one attached hydrogen (secondary N) is 1. The van der Waals surface area contributed by atoms with Crippen molar-refractivity contribution in [3.63, 3.8) is 0 Å². The van der Waals surface area contributed by atoms with Crippen molar-refractivity contribution >= 4 is 29.7 Å². The van der Waals surface area contributed by atoms with Gasteiger partial charge in [0.05, 0.1) is 5.54 Å². The fourth-order valence-electron chi connectivity index (χ4n) is 3.60. The largest absolute Gasteiger partial charge is 0.486 e. The lowest BCUT2D eigenvalue weighted by atomic mass is 9.87. The van der Waals surface area contributed by atoms with Crippen LogP contribution >= 0.6 is 23.7 Å². The van der Waals surface area contributed by atoms with Crippen molar-refractivity contribution in [3.05, 3.63) is 39.8 Å². The molecule has 2 aromatic rings. The van der Waals surface area contributed by atoms with Gasteiger partial charge in [0.15, 0.2) is 11.5 Å².